The zero-order chi connectivity index (χ0) is 44.4. The number of rotatable bonds is 51. The molecule has 0 amide bonds. The van der Waals surface area contributed by atoms with Crippen LogP contribution in [0.3, 0.4) is 0 Å². The minimum Gasteiger partial charge on any atom is -0.462 e. The van der Waals surface area contributed by atoms with Crippen molar-refractivity contribution in [3.63, 3.8) is 0 Å². The van der Waals surface area contributed by atoms with Crippen molar-refractivity contribution in [3.05, 3.63) is 0 Å². The fourth-order valence-corrected chi connectivity index (χ4v) is 8.45. The maximum Gasteiger partial charge on any atom is 0.306 e. The largest absolute Gasteiger partial charge is 0.462 e. The SMILES string of the molecule is CCCCCCCCCCCCCCCCCC(=O)OC[C@H](COC(=O)CCCCCCCCCCCCCCCC)OC(=O)CCCCCCCCCCCCCCCC. The molecule has 0 N–H and O–H groups in total. The van der Waals surface area contributed by atoms with Crippen LogP contribution in [-0.2, 0) is 28.6 Å². The van der Waals surface area contributed by atoms with Crippen molar-refractivity contribution >= 4 is 17.9 Å². The van der Waals surface area contributed by atoms with Crippen LogP contribution in [0.4, 0.5) is 0 Å². The summed E-state index contributed by atoms with van der Waals surface area (Å²) >= 11 is 0. The zero-order valence-electron chi connectivity index (χ0n) is 41.5. The third kappa shape index (κ3) is 49.3. The number of hydrogen-bond acceptors (Lipinski definition) is 6. The molecule has 1 atom stereocenters. The summed E-state index contributed by atoms with van der Waals surface area (Å²) in [7, 11) is 0. The summed E-state index contributed by atoms with van der Waals surface area (Å²) in [6.07, 6.45) is 55.1. The lowest BCUT2D eigenvalue weighted by atomic mass is 10.0. The van der Waals surface area contributed by atoms with Crippen molar-refractivity contribution in [1.29, 1.82) is 0 Å². The summed E-state index contributed by atoms with van der Waals surface area (Å²) < 4.78 is 16.9. The highest BCUT2D eigenvalue weighted by Gasteiger charge is 2.19. The quantitative estimate of drug-likeness (QED) is 0.0344. The molecule has 6 heteroatoms. The highest BCUT2D eigenvalue weighted by atomic mass is 16.6. The molecule has 0 spiro atoms. The molecule has 362 valence electrons. The number of carbonyl (C=O) groups is 3. The molecular weight excluding hydrogens is 757 g/mol. The van der Waals surface area contributed by atoms with Gasteiger partial charge < -0.3 is 14.2 Å². The third-order valence-electron chi connectivity index (χ3n) is 12.6. The molecule has 0 aliphatic heterocycles. The molecule has 0 unspecified atom stereocenters. The number of hydrogen-bond donors (Lipinski definition) is 0. The number of carbonyl (C=O) groups excluding carboxylic acids is 3. The average Bonchev–Trinajstić information content (AvgIpc) is 3.26. The topological polar surface area (TPSA) is 78.9 Å². The first-order valence-corrected chi connectivity index (χ1v) is 27.5. The van der Waals surface area contributed by atoms with E-state index in [4.69, 9.17) is 14.2 Å². The van der Waals surface area contributed by atoms with Gasteiger partial charge >= 0.3 is 17.9 Å². The second-order valence-electron chi connectivity index (χ2n) is 18.9. The van der Waals surface area contributed by atoms with E-state index in [0.717, 1.165) is 57.8 Å². The summed E-state index contributed by atoms with van der Waals surface area (Å²) in [6, 6.07) is 0. The van der Waals surface area contributed by atoms with E-state index in [0.29, 0.717) is 19.3 Å². The molecule has 61 heavy (non-hydrogen) atoms. The van der Waals surface area contributed by atoms with Gasteiger partial charge in [-0.1, -0.05) is 278 Å². The third-order valence-corrected chi connectivity index (χ3v) is 12.6. The van der Waals surface area contributed by atoms with Crippen molar-refractivity contribution in [2.75, 3.05) is 13.2 Å². The second-order valence-corrected chi connectivity index (χ2v) is 18.9. The van der Waals surface area contributed by atoms with Crippen LogP contribution in [0.1, 0.15) is 316 Å². The Balaban J connectivity index is 4.30. The van der Waals surface area contributed by atoms with Gasteiger partial charge in [0.1, 0.15) is 13.2 Å². The van der Waals surface area contributed by atoms with E-state index in [1.165, 1.54) is 218 Å². The smallest absolute Gasteiger partial charge is 0.306 e. The second kappa shape index (κ2) is 51.0. The molecular formula is C55H106O6. The summed E-state index contributed by atoms with van der Waals surface area (Å²) in [6.45, 7) is 6.70. The van der Waals surface area contributed by atoms with Crippen molar-refractivity contribution in [3.8, 4) is 0 Å². The van der Waals surface area contributed by atoms with Crippen molar-refractivity contribution < 1.29 is 28.6 Å². The highest BCUT2D eigenvalue weighted by Crippen LogP contribution is 2.17. The molecule has 6 nitrogen and oxygen atoms in total. The van der Waals surface area contributed by atoms with Gasteiger partial charge in [-0.2, -0.15) is 0 Å². The van der Waals surface area contributed by atoms with Gasteiger partial charge in [0.2, 0.25) is 0 Å². The maximum atomic E-state index is 12.8. The number of esters is 3. The Hall–Kier alpha value is -1.59. The first kappa shape index (κ1) is 59.4. The Bertz CT molecular complexity index is 905. The molecule has 0 aromatic carbocycles. The van der Waals surface area contributed by atoms with Gasteiger partial charge in [0.25, 0.3) is 0 Å². The van der Waals surface area contributed by atoms with Gasteiger partial charge in [-0.15, -0.1) is 0 Å². The Morgan fingerprint density at radius 1 is 0.262 bits per heavy atom. The predicted molar refractivity (Wildman–Crippen MR) is 261 cm³/mol. The summed E-state index contributed by atoms with van der Waals surface area (Å²) in [5.41, 5.74) is 0. The Kier molecular flexibility index (Phi) is 49.7. The fraction of sp³-hybridized carbons (Fsp3) is 0.945. The van der Waals surface area contributed by atoms with Crippen molar-refractivity contribution in [2.45, 2.75) is 322 Å². The molecule has 0 aliphatic rings. The first-order valence-electron chi connectivity index (χ1n) is 27.5. The maximum absolute atomic E-state index is 12.8. The molecule has 0 aromatic heterocycles. The molecule has 0 bridgehead atoms. The van der Waals surface area contributed by atoms with Crippen LogP contribution in [-0.4, -0.2) is 37.2 Å². The predicted octanol–water partition coefficient (Wildman–Crippen LogP) is 18.0. The standard InChI is InChI=1S/C55H106O6/c1-4-7-10-13-16-19-22-25-28-31-33-36-39-42-45-48-54(57)60-51-52(61-55(58)49-46-43-40-37-34-30-27-24-21-18-15-12-9-6-3)50-59-53(56)47-44-41-38-35-32-29-26-23-20-17-14-11-8-5-2/h52H,4-51H2,1-3H3/t52-/m0/s1. The van der Waals surface area contributed by atoms with Crippen LogP contribution >= 0.6 is 0 Å². The molecule has 0 saturated carbocycles. The van der Waals surface area contributed by atoms with Crippen LogP contribution in [0.15, 0.2) is 0 Å². The van der Waals surface area contributed by atoms with Gasteiger partial charge in [-0.25, -0.2) is 0 Å². The molecule has 0 rings (SSSR count). The molecule has 0 heterocycles. The molecule has 0 fully saturated rings. The van der Waals surface area contributed by atoms with Gasteiger partial charge in [0, 0.05) is 19.3 Å². The fourth-order valence-electron chi connectivity index (χ4n) is 8.45. The van der Waals surface area contributed by atoms with Crippen LogP contribution in [0.2, 0.25) is 0 Å². The summed E-state index contributed by atoms with van der Waals surface area (Å²) in [5.74, 6) is -0.835. The van der Waals surface area contributed by atoms with Gasteiger partial charge in [0.05, 0.1) is 0 Å². The Morgan fingerprint density at radius 3 is 0.656 bits per heavy atom. The number of unbranched alkanes of at least 4 members (excludes halogenated alkanes) is 40. The van der Waals surface area contributed by atoms with E-state index in [1.807, 2.05) is 0 Å². The zero-order valence-corrected chi connectivity index (χ0v) is 41.5. The van der Waals surface area contributed by atoms with Crippen LogP contribution in [0.25, 0.3) is 0 Å². The highest BCUT2D eigenvalue weighted by molar-refractivity contribution is 5.71. The molecule has 0 aliphatic carbocycles. The Labute approximate surface area is 380 Å². The van der Waals surface area contributed by atoms with Crippen molar-refractivity contribution in [1.82, 2.24) is 0 Å². The van der Waals surface area contributed by atoms with E-state index in [1.54, 1.807) is 0 Å². The van der Waals surface area contributed by atoms with E-state index in [-0.39, 0.29) is 31.1 Å². The van der Waals surface area contributed by atoms with Gasteiger partial charge in [0.15, 0.2) is 6.10 Å². The Morgan fingerprint density at radius 2 is 0.443 bits per heavy atom. The molecule has 0 radical (unpaired) electrons. The van der Waals surface area contributed by atoms with E-state index in [2.05, 4.69) is 20.8 Å². The molecule has 0 saturated heterocycles. The van der Waals surface area contributed by atoms with Crippen LogP contribution < -0.4 is 0 Å². The van der Waals surface area contributed by atoms with Gasteiger partial charge in [-0.05, 0) is 19.3 Å². The minimum atomic E-state index is -0.760. The lowest BCUT2D eigenvalue weighted by Gasteiger charge is -2.18. The normalized spacial score (nSPS) is 11.9. The van der Waals surface area contributed by atoms with Crippen LogP contribution in [0, 0.1) is 0 Å². The minimum absolute atomic E-state index is 0.0613. The van der Waals surface area contributed by atoms with E-state index < -0.39 is 6.10 Å². The lowest BCUT2D eigenvalue weighted by Crippen LogP contribution is -2.30. The van der Waals surface area contributed by atoms with Crippen molar-refractivity contribution in [2.24, 2.45) is 0 Å². The monoisotopic (exact) mass is 863 g/mol. The van der Waals surface area contributed by atoms with E-state index >= 15 is 0 Å². The number of ether oxygens (including phenoxy) is 3. The van der Waals surface area contributed by atoms with E-state index in [9.17, 15) is 14.4 Å². The molecule has 0 aromatic rings. The summed E-state index contributed by atoms with van der Waals surface area (Å²) in [4.78, 5) is 38.0. The van der Waals surface area contributed by atoms with Gasteiger partial charge in [-0.3, -0.25) is 14.4 Å². The lowest BCUT2D eigenvalue weighted by molar-refractivity contribution is -0.167. The summed E-state index contributed by atoms with van der Waals surface area (Å²) in [5, 5.41) is 0. The average molecular weight is 863 g/mol. The first-order chi connectivity index (χ1) is 30.0. The van der Waals surface area contributed by atoms with Crippen LogP contribution in [0.5, 0.6) is 0 Å².